The molecule has 3 N–H and O–H groups in total. The number of urea groups is 1. The van der Waals surface area contributed by atoms with E-state index in [9.17, 15) is 14.4 Å². The molecule has 0 unspecified atom stereocenters. The molecular weight excluding hydrogens is 384 g/mol. The highest BCUT2D eigenvalue weighted by atomic mass is 16.5. The van der Waals surface area contributed by atoms with Gasteiger partial charge in [0, 0.05) is 18.0 Å². The lowest BCUT2D eigenvalue weighted by Crippen LogP contribution is -2.44. The van der Waals surface area contributed by atoms with E-state index in [2.05, 4.69) is 16.2 Å². The van der Waals surface area contributed by atoms with Crippen molar-refractivity contribution in [3.05, 3.63) is 93.9 Å². The fourth-order valence-corrected chi connectivity index (χ4v) is 2.70. The Morgan fingerprint density at radius 3 is 2.30 bits per heavy atom. The van der Waals surface area contributed by atoms with Crippen LogP contribution in [0.4, 0.5) is 10.5 Å². The van der Waals surface area contributed by atoms with E-state index in [1.807, 2.05) is 31.2 Å². The van der Waals surface area contributed by atoms with E-state index in [-0.39, 0.29) is 11.1 Å². The number of nitrogens with one attached hydrogen (secondary N) is 3. The Morgan fingerprint density at radius 1 is 0.933 bits per heavy atom. The number of amides is 3. The van der Waals surface area contributed by atoms with Gasteiger partial charge < -0.3 is 14.6 Å². The molecule has 1 aromatic heterocycles. The van der Waals surface area contributed by atoms with Gasteiger partial charge in [-0.05, 0) is 42.8 Å². The molecule has 3 amide bonds. The zero-order chi connectivity index (χ0) is 21.5. The van der Waals surface area contributed by atoms with Crippen molar-refractivity contribution in [2.24, 2.45) is 0 Å². The molecule has 3 rings (SSSR count). The quantitative estimate of drug-likeness (QED) is 0.567. The predicted molar refractivity (Wildman–Crippen MR) is 114 cm³/mol. The fourth-order valence-electron chi connectivity index (χ4n) is 2.70. The van der Waals surface area contributed by atoms with Crippen LogP contribution in [0.3, 0.4) is 0 Å². The largest absolute Gasteiger partial charge is 0.497 e. The molecule has 8 nitrogen and oxygen atoms in total. The topological polar surface area (TPSA) is 101 Å². The molecule has 30 heavy (non-hydrogen) atoms. The summed E-state index contributed by atoms with van der Waals surface area (Å²) < 4.78 is 6.49. The van der Waals surface area contributed by atoms with E-state index in [0.717, 1.165) is 11.1 Å². The molecule has 0 aliphatic carbocycles. The maximum Gasteiger partial charge on any atom is 0.337 e. The number of hydrogen-bond acceptors (Lipinski definition) is 4. The maximum atomic E-state index is 12.4. The molecule has 0 aliphatic heterocycles. The number of aryl methyl sites for hydroxylation is 1. The number of carbonyl (C=O) groups excluding carboxylic acids is 2. The Kier molecular flexibility index (Phi) is 6.49. The molecular formula is C22H22N4O4. The first kappa shape index (κ1) is 20.7. The molecule has 0 aliphatic rings. The van der Waals surface area contributed by atoms with Crippen molar-refractivity contribution >= 4 is 17.6 Å². The van der Waals surface area contributed by atoms with Crippen molar-refractivity contribution in [2.75, 3.05) is 12.4 Å². The summed E-state index contributed by atoms with van der Waals surface area (Å²) in [6, 6.07) is 16.6. The summed E-state index contributed by atoms with van der Waals surface area (Å²) in [6.45, 7) is 2.32. The lowest BCUT2D eigenvalue weighted by atomic mass is 10.1. The first-order chi connectivity index (χ1) is 14.4. The van der Waals surface area contributed by atoms with Gasteiger partial charge in [0.2, 0.25) is 0 Å². The molecule has 0 bridgehead atoms. The lowest BCUT2D eigenvalue weighted by Gasteiger charge is -2.11. The summed E-state index contributed by atoms with van der Waals surface area (Å²) in [5, 5.41) is 2.58. The number of methoxy groups -OCH3 is 1. The van der Waals surface area contributed by atoms with Crippen molar-refractivity contribution in [1.29, 1.82) is 0 Å². The summed E-state index contributed by atoms with van der Waals surface area (Å²) in [6.07, 6.45) is 1.46. The zero-order valence-electron chi connectivity index (χ0n) is 16.6. The summed E-state index contributed by atoms with van der Waals surface area (Å²) >= 11 is 0. The molecule has 0 saturated heterocycles. The molecule has 0 spiro atoms. The number of rotatable bonds is 5. The van der Waals surface area contributed by atoms with Crippen LogP contribution in [0.15, 0.2) is 71.7 Å². The third kappa shape index (κ3) is 5.48. The third-order valence-electron chi connectivity index (χ3n) is 4.36. The Labute approximate surface area is 173 Å². The van der Waals surface area contributed by atoms with Gasteiger partial charge >= 0.3 is 6.03 Å². The Bertz CT molecular complexity index is 1090. The van der Waals surface area contributed by atoms with E-state index in [1.165, 1.54) is 22.9 Å². The number of benzene rings is 2. The second-order valence-electron chi connectivity index (χ2n) is 6.63. The number of pyridine rings is 1. The van der Waals surface area contributed by atoms with Gasteiger partial charge in [-0.15, -0.1) is 0 Å². The Morgan fingerprint density at radius 2 is 1.63 bits per heavy atom. The summed E-state index contributed by atoms with van der Waals surface area (Å²) in [5.74, 6) is 0.118. The normalized spacial score (nSPS) is 10.2. The lowest BCUT2D eigenvalue weighted by molar-refractivity contribution is 0.0937. The average molecular weight is 406 g/mol. The first-order valence-corrected chi connectivity index (χ1v) is 9.22. The number of nitrogens with zero attached hydrogens (tertiary/aromatic N) is 1. The molecule has 0 saturated carbocycles. The molecule has 3 aromatic rings. The minimum absolute atomic E-state index is 0.225. The third-order valence-corrected chi connectivity index (χ3v) is 4.36. The van der Waals surface area contributed by atoms with E-state index in [4.69, 9.17) is 4.74 Å². The van der Waals surface area contributed by atoms with Crippen molar-refractivity contribution in [3.63, 3.8) is 0 Å². The van der Waals surface area contributed by atoms with E-state index >= 15 is 0 Å². The van der Waals surface area contributed by atoms with Gasteiger partial charge in [0.25, 0.3) is 11.5 Å². The summed E-state index contributed by atoms with van der Waals surface area (Å²) in [4.78, 5) is 36.5. The van der Waals surface area contributed by atoms with Crippen LogP contribution in [0.1, 0.15) is 21.5 Å². The van der Waals surface area contributed by atoms with E-state index < -0.39 is 11.9 Å². The highest BCUT2D eigenvalue weighted by molar-refractivity contribution is 5.96. The van der Waals surface area contributed by atoms with Gasteiger partial charge in [0.15, 0.2) is 0 Å². The van der Waals surface area contributed by atoms with Crippen LogP contribution in [0.25, 0.3) is 0 Å². The second kappa shape index (κ2) is 9.42. The van der Waals surface area contributed by atoms with Crippen LogP contribution in [0.5, 0.6) is 5.75 Å². The van der Waals surface area contributed by atoms with Crippen LogP contribution in [-0.2, 0) is 6.54 Å². The standard InChI is InChI=1S/C22H22N4O4/c1-15-3-5-16(6-4-15)13-26-14-17(7-12-20(26)27)21(28)24-25-22(29)23-18-8-10-19(30-2)11-9-18/h3-12,14H,13H2,1-2H3,(H,24,28)(H2,23,25,29). The molecule has 0 radical (unpaired) electrons. The van der Waals surface area contributed by atoms with Crippen LogP contribution in [0, 0.1) is 6.92 Å². The predicted octanol–water partition coefficient (Wildman–Crippen LogP) is 2.68. The Hall–Kier alpha value is -4.07. The SMILES string of the molecule is COc1ccc(NC(=O)NNC(=O)c2ccc(=O)n(Cc3ccc(C)cc3)c2)cc1. The molecule has 1 heterocycles. The maximum absolute atomic E-state index is 12.4. The van der Waals surface area contributed by atoms with Gasteiger partial charge in [-0.2, -0.15) is 0 Å². The van der Waals surface area contributed by atoms with Crippen molar-refractivity contribution in [3.8, 4) is 5.75 Å². The number of hydrogen-bond donors (Lipinski definition) is 3. The molecule has 2 aromatic carbocycles. The van der Waals surface area contributed by atoms with Crippen LogP contribution in [0.2, 0.25) is 0 Å². The number of anilines is 1. The number of carbonyl (C=O) groups is 2. The monoisotopic (exact) mass is 406 g/mol. The summed E-state index contributed by atoms with van der Waals surface area (Å²) in [5.41, 5.74) is 7.22. The molecule has 0 atom stereocenters. The number of hydrazine groups is 1. The number of ether oxygens (including phenoxy) is 1. The second-order valence-corrected chi connectivity index (χ2v) is 6.63. The zero-order valence-corrected chi connectivity index (χ0v) is 16.6. The molecule has 154 valence electrons. The average Bonchev–Trinajstić information content (AvgIpc) is 2.75. The van der Waals surface area contributed by atoms with Crippen LogP contribution < -0.4 is 26.5 Å². The smallest absolute Gasteiger partial charge is 0.337 e. The van der Waals surface area contributed by atoms with Gasteiger partial charge in [0.1, 0.15) is 5.75 Å². The minimum Gasteiger partial charge on any atom is -0.497 e. The number of aromatic nitrogens is 1. The van der Waals surface area contributed by atoms with E-state index in [1.54, 1.807) is 31.4 Å². The van der Waals surface area contributed by atoms with E-state index in [0.29, 0.717) is 18.0 Å². The van der Waals surface area contributed by atoms with Crippen LogP contribution in [-0.4, -0.2) is 23.6 Å². The van der Waals surface area contributed by atoms with Crippen LogP contribution >= 0.6 is 0 Å². The van der Waals surface area contributed by atoms with Crippen molar-refractivity contribution in [2.45, 2.75) is 13.5 Å². The first-order valence-electron chi connectivity index (χ1n) is 9.22. The van der Waals surface area contributed by atoms with Gasteiger partial charge in [-0.25, -0.2) is 10.2 Å². The van der Waals surface area contributed by atoms with Gasteiger partial charge in [-0.3, -0.25) is 15.0 Å². The highest BCUT2D eigenvalue weighted by Gasteiger charge is 2.10. The van der Waals surface area contributed by atoms with Crippen molar-refractivity contribution < 1.29 is 14.3 Å². The minimum atomic E-state index is -0.610. The van der Waals surface area contributed by atoms with Crippen molar-refractivity contribution in [1.82, 2.24) is 15.4 Å². The molecule has 0 fully saturated rings. The van der Waals surface area contributed by atoms with Gasteiger partial charge in [-0.1, -0.05) is 29.8 Å². The Balaban J connectivity index is 1.59. The fraction of sp³-hybridized carbons (Fsp3) is 0.136. The molecule has 8 heteroatoms. The summed E-state index contributed by atoms with van der Waals surface area (Å²) in [7, 11) is 1.55. The highest BCUT2D eigenvalue weighted by Crippen LogP contribution is 2.14. The van der Waals surface area contributed by atoms with Gasteiger partial charge in [0.05, 0.1) is 19.2 Å².